The second-order valence-corrected chi connectivity index (χ2v) is 7.02. The van der Waals surface area contributed by atoms with Crippen molar-refractivity contribution in [3.8, 4) is 0 Å². The van der Waals surface area contributed by atoms with Crippen molar-refractivity contribution in [3.63, 3.8) is 0 Å². The molecule has 0 saturated carbocycles. The predicted octanol–water partition coefficient (Wildman–Crippen LogP) is 3.69. The number of pyridine rings is 1. The van der Waals surface area contributed by atoms with Crippen LogP contribution in [0.5, 0.6) is 0 Å². The highest BCUT2D eigenvalue weighted by molar-refractivity contribution is 6.33. The van der Waals surface area contributed by atoms with Gasteiger partial charge in [-0.25, -0.2) is 9.98 Å². The van der Waals surface area contributed by atoms with E-state index in [0.29, 0.717) is 21.9 Å². The number of rotatable bonds is 6. The fraction of sp³-hybridized carbons (Fsp3) is 0.182. The van der Waals surface area contributed by atoms with E-state index in [0.717, 1.165) is 5.39 Å². The Balaban J connectivity index is 1.71. The molecule has 0 aliphatic carbocycles. The van der Waals surface area contributed by atoms with Crippen molar-refractivity contribution in [2.75, 3.05) is 20.3 Å². The number of fused-ring (bicyclic) bond motifs is 1. The highest BCUT2D eigenvalue weighted by Gasteiger charge is 2.45. The Morgan fingerprint density at radius 2 is 2.13 bits per heavy atom. The van der Waals surface area contributed by atoms with Gasteiger partial charge in [-0.15, -0.1) is 0 Å². The molecule has 4 rings (SSSR count). The fourth-order valence-corrected chi connectivity index (χ4v) is 3.26. The van der Waals surface area contributed by atoms with E-state index in [4.69, 9.17) is 25.8 Å². The molecular formula is C22H18ClN3O5. The van der Waals surface area contributed by atoms with Gasteiger partial charge in [0.1, 0.15) is 12.3 Å². The lowest BCUT2D eigenvalue weighted by atomic mass is 10.0. The van der Waals surface area contributed by atoms with Crippen molar-refractivity contribution < 1.29 is 23.8 Å². The second kappa shape index (κ2) is 9.11. The molecule has 1 N–H and O–H groups in total. The van der Waals surface area contributed by atoms with E-state index in [9.17, 15) is 9.59 Å². The van der Waals surface area contributed by atoms with Gasteiger partial charge < -0.3 is 19.2 Å². The van der Waals surface area contributed by atoms with Crippen LogP contribution < -0.4 is 0 Å². The molecule has 3 aromatic rings. The zero-order valence-electron chi connectivity index (χ0n) is 16.5. The molecule has 0 spiro atoms. The minimum absolute atomic E-state index is 0.00561. The van der Waals surface area contributed by atoms with Crippen LogP contribution in [0.25, 0.3) is 17.1 Å². The molecule has 1 saturated heterocycles. The summed E-state index contributed by atoms with van der Waals surface area (Å²) >= 11 is 6.18. The number of nitrogens with one attached hydrogen (secondary N) is 1. The Morgan fingerprint density at radius 1 is 1.29 bits per heavy atom. The Bertz CT molecular complexity index is 1200. The molecule has 1 unspecified atom stereocenters. The second-order valence-electron chi connectivity index (χ2n) is 6.61. The first-order valence-corrected chi connectivity index (χ1v) is 9.81. The van der Waals surface area contributed by atoms with Crippen LogP contribution in [-0.2, 0) is 23.8 Å². The number of nitrogens with zero attached hydrogens (tertiary/aromatic N) is 2. The highest BCUT2D eigenvalue weighted by Crippen LogP contribution is 2.31. The summed E-state index contributed by atoms with van der Waals surface area (Å²) in [4.78, 5) is 37.3. The van der Waals surface area contributed by atoms with Crippen molar-refractivity contribution >= 4 is 52.0 Å². The molecule has 158 valence electrons. The number of Topliss-reactive ketones (excluding diaryl/α,β-unsaturated/α-hetero) is 1. The average Bonchev–Trinajstić information content (AvgIpc) is 3.31. The maximum atomic E-state index is 13.1. The molecule has 2 aromatic heterocycles. The molecule has 0 radical (unpaired) electrons. The third-order valence-corrected chi connectivity index (χ3v) is 4.91. The van der Waals surface area contributed by atoms with Gasteiger partial charge in [-0.05, 0) is 30.3 Å². The minimum atomic E-state index is -1.33. The Labute approximate surface area is 182 Å². The average molecular weight is 440 g/mol. The van der Waals surface area contributed by atoms with Gasteiger partial charge in [-0.3, -0.25) is 9.59 Å². The molecule has 1 atom stereocenters. The van der Waals surface area contributed by atoms with Gasteiger partial charge >= 0.3 is 5.97 Å². The number of benzene rings is 1. The van der Waals surface area contributed by atoms with Crippen LogP contribution in [0, 0.1) is 5.92 Å². The number of H-pyrrole nitrogens is 1. The maximum Gasteiger partial charge on any atom is 0.326 e. The first-order chi connectivity index (χ1) is 15.1. The molecule has 1 fully saturated rings. The van der Waals surface area contributed by atoms with Crippen LogP contribution in [0.15, 0.2) is 59.5 Å². The largest absolute Gasteiger partial charge is 0.462 e. The van der Waals surface area contributed by atoms with Crippen LogP contribution in [0.2, 0.25) is 5.02 Å². The Morgan fingerprint density at radius 3 is 2.94 bits per heavy atom. The lowest BCUT2D eigenvalue weighted by Gasteiger charge is -2.08. The van der Waals surface area contributed by atoms with E-state index in [1.165, 1.54) is 7.11 Å². The summed E-state index contributed by atoms with van der Waals surface area (Å²) in [5.74, 6) is -2.76. The number of carbonyl (C=O) groups excluding carboxylic acids is 2. The van der Waals surface area contributed by atoms with E-state index >= 15 is 0 Å². The van der Waals surface area contributed by atoms with Crippen molar-refractivity contribution in [2.45, 2.75) is 0 Å². The number of methoxy groups -OCH3 is 1. The first-order valence-electron chi connectivity index (χ1n) is 9.43. The predicted molar refractivity (Wildman–Crippen MR) is 115 cm³/mol. The molecule has 1 aromatic carbocycles. The van der Waals surface area contributed by atoms with E-state index in [1.54, 1.807) is 48.8 Å². The molecule has 31 heavy (non-hydrogen) atoms. The number of allylic oxidation sites excluding steroid dienone is 1. The van der Waals surface area contributed by atoms with Crippen LogP contribution >= 0.6 is 11.6 Å². The summed E-state index contributed by atoms with van der Waals surface area (Å²) in [6.45, 7) is 0.210. The summed E-state index contributed by atoms with van der Waals surface area (Å²) in [5, 5.41) is 1.17. The van der Waals surface area contributed by atoms with Gasteiger partial charge in [-0.2, -0.15) is 0 Å². The van der Waals surface area contributed by atoms with Gasteiger partial charge in [0, 0.05) is 30.5 Å². The standard InChI is InChI=1S/C22H18ClN3O5/c1-29-9-10-30-22(28)18-19(27)17(11-13-12-25-20-14(13)5-4-8-24-20)31-21(18)26-16-7-3-2-6-15(16)23/h2-8,11-12,18H,9-10H2,1H3,(H,24,25)/b17-11-,26-21?. The van der Waals surface area contributed by atoms with Gasteiger partial charge in [-0.1, -0.05) is 23.7 Å². The number of aliphatic imine (C=N–C) groups is 1. The van der Waals surface area contributed by atoms with Gasteiger partial charge in [0.2, 0.25) is 11.7 Å². The van der Waals surface area contributed by atoms with Crippen LogP contribution in [-0.4, -0.2) is 47.9 Å². The number of ketones is 1. The van der Waals surface area contributed by atoms with Crippen LogP contribution in [0.1, 0.15) is 5.56 Å². The number of hydrogen-bond donors (Lipinski definition) is 1. The monoisotopic (exact) mass is 439 g/mol. The molecule has 8 nitrogen and oxygen atoms in total. The summed E-state index contributed by atoms with van der Waals surface area (Å²) < 4.78 is 15.8. The molecule has 1 aliphatic heterocycles. The SMILES string of the molecule is COCCOC(=O)C1C(=O)/C(=C/c2c[nH]c3ncccc23)OC1=Nc1ccccc1Cl. The number of ether oxygens (including phenoxy) is 3. The number of carbonyl (C=O) groups is 2. The lowest BCUT2D eigenvalue weighted by molar-refractivity contribution is -0.149. The fourth-order valence-electron chi connectivity index (χ4n) is 3.08. The van der Waals surface area contributed by atoms with E-state index in [2.05, 4.69) is 15.0 Å². The minimum Gasteiger partial charge on any atom is -0.462 e. The molecule has 1 aliphatic rings. The van der Waals surface area contributed by atoms with E-state index in [-0.39, 0.29) is 24.9 Å². The zero-order valence-corrected chi connectivity index (χ0v) is 17.3. The number of aromatic amines is 1. The van der Waals surface area contributed by atoms with Gasteiger partial charge in [0.25, 0.3) is 0 Å². The topological polar surface area (TPSA) is 103 Å². The van der Waals surface area contributed by atoms with Crippen molar-refractivity contribution in [3.05, 3.63) is 65.1 Å². The zero-order chi connectivity index (χ0) is 21.8. The number of halogens is 1. The van der Waals surface area contributed by atoms with Crippen LogP contribution in [0.3, 0.4) is 0 Å². The summed E-state index contributed by atoms with van der Waals surface area (Å²) in [7, 11) is 1.48. The normalized spacial score (nSPS) is 18.6. The Hall–Kier alpha value is -3.49. The lowest BCUT2D eigenvalue weighted by Crippen LogP contribution is -2.28. The van der Waals surface area contributed by atoms with Crippen molar-refractivity contribution in [1.82, 2.24) is 9.97 Å². The summed E-state index contributed by atoms with van der Waals surface area (Å²) in [5.41, 5.74) is 1.73. The van der Waals surface area contributed by atoms with Gasteiger partial charge in [0.05, 0.1) is 17.3 Å². The number of hydrogen-bond acceptors (Lipinski definition) is 7. The van der Waals surface area contributed by atoms with Crippen molar-refractivity contribution in [1.29, 1.82) is 0 Å². The van der Waals surface area contributed by atoms with E-state index < -0.39 is 17.7 Å². The maximum absolute atomic E-state index is 13.1. The third-order valence-electron chi connectivity index (χ3n) is 4.59. The molecule has 9 heteroatoms. The molecule has 0 bridgehead atoms. The third kappa shape index (κ3) is 4.35. The first kappa shape index (κ1) is 20.8. The summed E-state index contributed by atoms with van der Waals surface area (Å²) in [6.07, 6.45) is 4.91. The molecule has 3 heterocycles. The quantitative estimate of drug-likeness (QED) is 0.272. The molecular weight excluding hydrogens is 422 g/mol. The number of para-hydroxylation sites is 1. The summed E-state index contributed by atoms with van der Waals surface area (Å²) in [6, 6.07) is 10.4. The Kier molecular flexibility index (Phi) is 6.11. The number of esters is 1. The highest BCUT2D eigenvalue weighted by atomic mass is 35.5. The van der Waals surface area contributed by atoms with Gasteiger partial charge in [0.15, 0.2) is 11.7 Å². The van der Waals surface area contributed by atoms with Crippen molar-refractivity contribution in [2.24, 2.45) is 10.9 Å². The number of aromatic nitrogens is 2. The molecule has 0 amide bonds. The van der Waals surface area contributed by atoms with E-state index in [1.807, 2.05) is 6.07 Å². The smallest absolute Gasteiger partial charge is 0.326 e. The van der Waals surface area contributed by atoms with Crippen LogP contribution in [0.4, 0.5) is 5.69 Å².